The molecule has 0 radical (unpaired) electrons. The fraction of sp³-hybridized carbons (Fsp3) is 0.667. The Morgan fingerprint density at radius 1 is 1.24 bits per heavy atom. The lowest BCUT2D eigenvalue weighted by Gasteiger charge is -2.32. The van der Waals surface area contributed by atoms with Crippen LogP contribution in [0.5, 0.6) is 0 Å². The third-order valence-electron chi connectivity index (χ3n) is 5.48. The van der Waals surface area contributed by atoms with E-state index in [2.05, 4.69) is 27.4 Å². The predicted octanol–water partition coefficient (Wildman–Crippen LogP) is 2.25. The number of sulfonamides is 1. The van der Waals surface area contributed by atoms with Crippen molar-refractivity contribution in [1.82, 2.24) is 19.8 Å². The van der Waals surface area contributed by atoms with Crippen molar-refractivity contribution in [3.05, 3.63) is 29.8 Å². The van der Waals surface area contributed by atoms with Crippen LogP contribution in [0.3, 0.4) is 0 Å². The molecular weight excluding hydrogens is 386 g/mol. The molecule has 2 N–H and O–H groups in total. The van der Waals surface area contributed by atoms with Gasteiger partial charge in [-0.05, 0) is 57.4 Å². The molecule has 0 spiro atoms. The van der Waals surface area contributed by atoms with Gasteiger partial charge in [-0.3, -0.25) is 4.99 Å². The lowest BCUT2D eigenvalue weighted by atomic mass is 10.1. The molecule has 7 nitrogen and oxygen atoms in total. The van der Waals surface area contributed by atoms with Crippen molar-refractivity contribution >= 4 is 16.0 Å². The average Bonchev–Trinajstić information content (AvgIpc) is 2.72. The summed E-state index contributed by atoms with van der Waals surface area (Å²) in [6.07, 6.45) is 3.45. The fourth-order valence-electron chi connectivity index (χ4n) is 3.41. The van der Waals surface area contributed by atoms with Gasteiger partial charge < -0.3 is 15.5 Å². The summed E-state index contributed by atoms with van der Waals surface area (Å²) >= 11 is 0. The monoisotopic (exact) mass is 423 g/mol. The summed E-state index contributed by atoms with van der Waals surface area (Å²) in [5.74, 6) is 0.787. The van der Waals surface area contributed by atoms with E-state index in [0.717, 1.165) is 37.5 Å². The van der Waals surface area contributed by atoms with Crippen LogP contribution in [0, 0.1) is 0 Å². The highest BCUT2D eigenvalue weighted by Crippen LogP contribution is 2.17. The maximum absolute atomic E-state index is 12.6. The van der Waals surface area contributed by atoms with Crippen LogP contribution in [0.4, 0.5) is 0 Å². The number of rotatable bonds is 8. The SMILES string of the molecule is CCCN1CCC(NC(=NC)NCc2ccc(S(=O)(=O)N(C)C(C)C)cc2)CC1. The third kappa shape index (κ3) is 6.69. The molecule has 0 amide bonds. The molecule has 1 aliphatic heterocycles. The molecule has 29 heavy (non-hydrogen) atoms. The van der Waals surface area contributed by atoms with Crippen LogP contribution in [-0.2, 0) is 16.6 Å². The maximum atomic E-state index is 12.6. The molecule has 1 aromatic rings. The first kappa shape index (κ1) is 23.6. The van der Waals surface area contributed by atoms with E-state index in [9.17, 15) is 8.42 Å². The van der Waals surface area contributed by atoms with Gasteiger partial charge in [0, 0.05) is 45.8 Å². The van der Waals surface area contributed by atoms with E-state index in [1.165, 1.54) is 17.3 Å². The summed E-state index contributed by atoms with van der Waals surface area (Å²) in [7, 11) is -0.0603. The summed E-state index contributed by atoms with van der Waals surface area (Å²) in [5.41, 5.74) is 1.01. The van der Waals surface area contributed by atoms with Gasteiger partial charge in [-0.25, -0.2) is 8.42 Å². The number of nitrogens with zero attached hydrogens (tertiary/aromatic N) is 3. The number of aliphatic imine (C=N–C) groups is 1. The van der Waals surface area contributed by atoms with Crippen LogP contribution in [0.15, 0.2) is 34.2 Å². The molecule has 1 aliphatic rings. The third-order valence-corrected chi connectivity index (χ3v) is 7.53. The number of benzene rings is 1. The fourth-order valence-corrected chi connectivity index (χ4v) is 4.78. The standard InChI is InChI=1S/C21H37N5O2S/c1-6-13-26-14-11-19(12-15-26)24-21(22-4)23-16-18-7-9-20(10-8-18)29(27,28)25(5)17(2)3/h7-10,17,19H,6,11-16H2,1-5H3,(H2,22,23,24). The van der Waals surface area contributed by atoms with E-state index in [-0.39, 0.29) is 6.04 Å². The highest BCUT2D eigenvalue weighted by molar-refractivity contribution is 7.89. The molecule has 1 fully saturated rings. The molecule has 2 rings (SSSR count). The van der Waals surface area contributed by atoms with Gasteiger partial charge in [0.2, 0.25) is 10.0 Å². The Labute approximate surface area is 176 Å². The Hall–Kier alpha value is -1.64. The van der Waals surface area contributed by atoms with Crippen molar-refractivity contribution in [1.29, 1.82) is 0 Å². The van der Waals surface area contributed by atoms with Gasteiger partial charge in [-0.1, -0.05) is 19.1 Å². The van der Waals surface area contributed by atoms with Crippen LogP contribution in [0.25, 0.3) is 0 Å². The van der Waals surface area contributed by atoms with E-state index in [0.29, 0.717) is 17.5 Å². The van der Waals surface area contributed by atoms with Crippen LogP contribution in [0.1, 0.15) is 45.6 Å². The van der Waals surface area contributed by atoms with Crippen LogP contribution >= 0.6 is 0 Å². The molecule has 0 atom stereocenters. The predicted molar refractivity (Wildman–Crippen MR) is 120 cm³/mol. The van der Waals surface area contributed by atoms with Gasteiger partial charge in [0.25, 0.3) is 0 Å². The lowest BCUT2D eigenvalue weighted by Crippen LogP contribution is -2.48. The number of piperidine rings is 1. The molecular formula is C21H37N5O2S. The number of hydrogen-bond acceptors (Lipinski definition) is 4. The average molecular weight is 424 g/mol. The van der Waals surface area contributed by atoms with Crippen molar-refractivity contribution in [3.63, 3.8) is 0 Å². The Morgan fingerprint density at radius 3 is 2.38 bits per heavy atom. The minimum absolute atomic E-state index is 0.0791. The summed E-state index contributed by atoms with van der Waals surface area (Å²) < 4.78 is 26.5. The molecule has 0 aliphatic carbocycles. The van der Waals surface area contributed by atoms with E-state index in [1.54, 1.807) is 26.2 Å². The number of nitrogens with one attached hydrogen (secondary N) is 2. The van der Waals surface area contributed by atoms with Gasteiger partial charge in [0.05, 0.1) is 4.90 Å². The summed E-state index contributed by atoms with van der Waals surface area (Å²) in [6.45, 7) is 9.98. The largest absolute Gasteiger partial charge is 0.354 e. The second kappa shape index (κ2) is 10.9. The number of likely N-dealkylation sites (tertiary alicyclic amines) is 1. The summed E-state index contributed by atoms with van der Waals surface area (Å²) in [4.78, 5) is 7.16. The van der Waals surface area contributed by atoms with Gasteiger partial charge in [-0.15, -0.1) is 0 Å². The minimum atomic E-state index is -3.45. The van der Waals surface area contributed by atoms with Gasteiger partial charge in [0.1, 0.15) is 0 Å². The lowest BCUT2D eigenvalue weighted by molar-refractivity contribution is 0.206. The van der Waals surface area contributed by atoms with Crippen molar-refractivity contribution in [2.75, 3.05) is 33.7 Å². The molecule has 0 bridgehead atoms. The Kier molecular flexibility index (Phi) is 8.92. The van der Waals surface area contributed by atoms with Crippen LogP contribution in [-0.4, -0.2) is 69.4 Å². The molecule has 0 saturated carbocycles. The smallest absolute Gasteiger partial charge is 0.243 e. The van der Waals surface area contributed by atoms with E-state index in [1.807, 2.05) is 26.0 Å². The van der Waals surface area contributed by atoms with Gasteiger partial charge >= 0.3 is 0 Å². The molecule has 8 heteroatoms. The molecule has 1 heterocycles. The summed E-state index contributed by atoms with van der Waals surface area (Å²) in [5, 5.41) is 6.85. The highest BCUT2D eigenvalue weighted by Gasteiger charge is 2.23. The van der Waals surface area contributed by atoms with Gasteiger partial charge in [-0.2, -0.15) is 4.31 Å². The zero-order chi connectivity index (χ0) is 21.4. The highest BCUT2D eigenvalue weighted by atomic mass is 32.2. The first-order valence-corrected chi connectivity index (χ1v) is 12.0. The van der Waals surface area contributed by atoms with Crippen LogP contribution in [0.2, 0.25) is 0 Å². The van der Waals surface area contributed by atoms with E-state index >= 15 is 0 Å². The molecule has 1 aromatic carbocycles. The van der Waals surface area contributed by atoms with Crippen molar-refractivity contribution in [3.8, 4) is 0 Å². The quantitative estimate of drug-likeness (QED) is 0.495. The second-order valence-electron chi connectivity index (χ2n) is 7.94. The van der Waals surface area contributed by atoms with E-state index < -0.39 is 10.0 Å². The molecule has 1 saturated heterocycles. The van der Waals surface area contributed by atoms with Gasteiger partial charge in [0.15, 0.2) is 5.96 Å². The van der Waals surface area contributed by atoms with Crippen molar-refractivity contribution < 1.29 is 8.42 Å². The first-order valence-electron chi connectivity index (χ1n) is 10.5. The molecule has 0 unspecified atom stereocenters. The van der Waals surface area contributed by atoms with Crippen molar-refractivity contribution in [2.45, 2.75) is 63.6 Å². The second-order valence-corrected chi connectivity index (χ2v) is 9.94. The topological polar surface area (TPSA) is 77.0 Å². The Balaban J connectivity index is 1.87. The van der Waals surface area contributed by atoms with Crippen molar-refractivity contribution in [2.24, 2.45) is 4.99 Å². The maximum Gasteiger partial charge on any atom is 0.243 e. The normalized spacial score (nSPS) is 17.1. The molecule has 0 aromatic heterocycles. The summed E-state index contributed by atoms with van der Waals surface area (Å²) in [6, 6.07) is 7.41. The number of hydrogen-bond donors (Lipinski definition) is 2. The Morgan fingerprint density at radius 2 is 1.86 bits per heavy atom. The molecule has 164 valence electrons. The zero-order valence-corrected chi connectivity index (χ0v) is 19.3. The number of guanidine groups is 1. The van der Waals surface area contributed by atoms with E-state index in [4.69, 9.17) is 0 Å². The van der Waals surface area contributed by atoms with Crippen LogP contribution < -0.4 is 10.6 Å². The first-order chi connectivity index (χ1) is 13.8. The minimum Gasteiger partial charge on any atom is -0.354 e. The zero-order valence-electron chi connectivity index (χ0n) is 18.5. The Bertz CT molecular complexity index is 754.